The van der Waals surface area contributed by atoms with Gasteiger partial charge in [-0.05, 0) is 30.2 Å². The highest BCUT2D eigenvalue weighted by molar-refractivity contribution is 5.97. The summed E-state index contributed by atoms with van der Waals surface area (Å²) in [6.07, 6.45) is 2.54. The van der Waals surface area contributed by atoms with E-state index in [1.165, 1.54) is 12.1 Å². The van der Waals surface area contributed by atoms with Gasteiger partial charge < -0.3 is 15.0 Å². The molecule has 0 saturated carbocycles. The third-order valence-corrected chi connectivity index (χ3v) is 3.70. The number of amides is 1. The fourth-order valence-electron chi connectivity index (χ4n) is 2.60. The van der Waals surface area contributed by atoms with E-state index in [1.807, 2.05) is 30.5 Å². The average molecular weight is 330 g/mol. The van der Waals surface area contributed by atoms with E-state index in [0.717, 1.165) is 16.5 Å². The van der Waals surface area contributed by atoms with Crippen LogP contribution in [0.5, 0.6) is 5.75 Å². The molecular weight excluding hydrogens is 314 g/mol. The van der Waals surface area contributed by atoms with Crippen LogP contribution in [-0.2, 0) is 6.42 Å². The highest BCUT2D eigenvalue weighted by Gasteiger charge is 2.15. The molecule has 3 rings (SSSR count). The van der Waals surface area contributed by atoms with Crippen molar-refractivity contribution in [2.24, 2.45) is 0 Å². The molecule has 0 atom stereocenters. The van der Waals surface area contributed by atoms with Crippen molar-refractivity contribution in [1.29, 1.82) is 0 Å². The van der Waals surface area contributed by atoms with E-state index in [2.05, 4.69) is 15.0 Å². The second-order valence-corrected chi connectivity index (χ2v) is 5.24. The maximum Gasteiger partial charge on any atom is 0.387 e. The summed E-state index contributed by atoms with van der Waals surface area (Å²) < 4.78 is 29.2. The predicted molar refractivity (Wildman–Crippen MR) is 87.4 cm³/mol. The Morgan fingerprint density at radius 1 is 1.12 bits per heavy atom. The molecule has 4 nitrogen and oxygen atoms in total. The van der Waals surface area contributed by atoms with Crippen LogP contribution in [0.25, 0.3) is 10.9 Å². The van der Waals surface area contributed by atoms with Crippen molar-refractivity contribution in [1.82, 2.24) is 10.3 Å². The number of nitrogens with one attached hydrogen (secondary N) is 2. The van der Waals surface area contributed by atoms with Gasteiger partial charge in [-0.25, -0.2) is 0 Å². The van der Waals surface area contributed by atoms with Crippen LogP contribution < -0.4 is 10.1 Å². The highest BCUT2D eigenvalue weighted by atomic mass is 19.3. The molecule has 0 bridgehead atoms. The molecule has 0 saturated heterocycles. The lowest BCUT2D eigenvalue weighted by atomic mass is 10.1. The minimum absolute atomic E-state index is 0.0942. The Kier molecular flexibility index (Phi) is 4.74. The monoisotopic (exact) mass is 330 g/mol. The molecule has 24 heavy (non-hydrogen) atoms. The lowest BCUT2D eigenvalue weighted by molar-refractivity contribution is -0.0501. The van der Waals surface area contributed by atoms with Gasteiger partial charge in [-0.1, -0.05) is 30.3 Å². The van der Waals surface area contributed by atoms with E-state index in [1.54, 1.807) is 12.1 Å². The number of hydrogen-bond acceptors (Lipinski definition) is 2. The molecule has 2 aromatic carbocycles. The largest absolute Gasteiger partial charge is 0.434 e. The van der Waals surface area contributed by atoms with Crippen LogP contribution in [-0.4, -0.2) is 24.0 Å². The molecule has 1 heterocycles. The molecular formula is C18H16F2N2O2. The first-order valence-corrected chi connectivity index (χ1v) is 7.52. The summed E-state index contributed by atoms with van der Waals surface area (Å²) in [5.74, 6) is -0.566. The van der Waals surface area contributed by atoms with Gasteiger partial charge in [-0.2, -0.15) is 8.78 Å². The third-order valence-electron chi connectivity index (χ3n) is 3.70. The van der Waals surface area contributed by atoms with Gasteiger partial charge in [0, 0.05) is 23.6 Å². The molecule has 0 unspecified atom stereocenters. The lowest BCUT2D eigenvalue weighted by Gasteiger charge is -2.10. The van der Waals surface area contributed by atoms with Crippen molar-refractivity contribution in [2.45, 2.75) is 13.0 Å². The Hall–Kier alpha value is -2.89. The number of ether oxygens (including phenoxy) is 1. The zero-order chi connectivity index (χ0) is 16.9. The second-order valence-electron chi connectivity index (χ2n) is 5.24. The minimum Gasteiger partial charge on any atom is -0.434 e. The molecule has 0 radical (unpaired) electrons. The summed E-state index contributed by atoms with van der Waals surface area (Å²) in [6, 6.07) is 13.8. The van der Waals surface area contributed by atoms with Crippen LogP contribution in [0.3, 0.4) is 0 Å². The van der Waals surface area contributed by atoms with Crippen molar-refractivity contribution >= 4 is 16.8 Å². The number of carbonyl (C=O) groups is 1. The SMILES string of the molecule is O=C(NCCc1c[nH]c2ccccc12)c1ccccc1OC(F)F. The van der Waals surface area contributed by atoms with Gasteiger partial charge in [0.05, 0.1) is 5.56 Å². The van der Waals surface area contributed by atoms with Crippen LogP contribution >= 0.6 is 0 Å². The first-order valence-electron chi connectivity index (χ1n) is 7.52. The first kappa shape index (κ1) is 16.0. The summed E-state index contributed by atoms with van der Waals surface area (Å²) in [6.45, 7) is -2.57. The topological polar surface area (TPSA) is 54.1 Å². The molecule has 124 valence electrons. The van der Waals surface area contributed by atoms with Gasteiger partial charge in [-0.3, -0.25) is 4.79 Å². The van der Waals surface area contributed by atoms with E-state index < -0.39 is 12.5 Å². The van der Waals surface area contributed by atoms with Crippen molar-refractivity contribution in [2.75, 3.05) is 6.54 Å². The van der Waals surface area contributed by atoms with E-state index >= 15 is 0 Å². The van der Waals surface area contributed by atoms with E-state index in [4.69, 9.17) is 0 Å². The van der Waals surface area contributed by atoms with Crippen LogP contribution in [0.1, 0.15) is 15.9 Å². The molecule has 0 aliphatic heterocycles. The summed E-state index contributed by atoms with van der Waals surface area (Å²) >= 11 is 0. The molecule has 6 heteroatoms. The molecule has 0 aliphatic rings. The summed E-state index contributed by atoms with van der Waals surface area (Å²) in [5, 5.41) is 3.84. The number of carbonyl (C=O) groups excluding carboxylic acids is 1. The number of aromatic amines is 1. The van der Waals surface area contributed by atoms with Crippen molar-refractivity contribution < 1.29 is 18.3 Å². The number of benzene rings is 2. The van der Waals surface area contributed by atoms with Gasteiger partial charge in [0.1, 0.15) is 5.75 Å². The van der Waals surface area contributed by atoms with Crippen LogP contribution in [0.4, 0.5) is 8.78 Å². The Bertz CT molecular complexity index is 846. The lowest BCUT2D eigenvalue weighted by Crippen LogP contribution is -2.26. The van der Waals surface area contributed by atoms with Crippen molar-refractivity contribution in [3.63, 3.8) is 0 Å². The van der Waals surface area contributed by atoms with Crippen LogP contribution in [0.2, 0.25) is 0 Å². The quantitative estimate of drug-likeness (QED) is 0.723. The standard InChI is InChI=1S/C18H16F2N2O2/c19-18(20)24-16-8-4-2-6-14(16)17(23)21-10-9-12-11-22-15-7-3-1-5-13(12)15/h1-8,11,18,22H,9-10H2,(H,21,23). The second kappa shape index (κ2) is 7.12. The molecule has 3 aromatic rings. The van der Waals surface area contributed by atoms with Gasteiger partial charge >= 0.3 is 6.61 Å². The predicted octanol–water partition coefficient (Wildman–Crippen LogP) is 3.74. The van der Waals surface area contributed by atoms with E-state index in [-0.39, 0.29) is 11.3 Å². The molecule has 0 spiro atoms. The summed E-state index contributed by atoms with van der Waals surface area (Å²) in [5.41, 5.74) is 2.22. The average Bonchev–Trinajstić information content (AvgIpc) is 2.98. The van der Waals surface area contributed by atoms with Gasteiger partial charge in [0.15, 0.2) is 0 Å². The molecule has 1 aromatic heterocycles. The molecule has 2 N–H and O–H groups in total. The Labute approximate surface area is 137 Å². The van der Waals surface area contributed by atoms with E-state index in [9.17, 15) is 13.6 Å². The number of H-pyrrole nitrogens is 1. The Balaban J connectivity index is 1.64. The summed E-state index contributed by atoms with van der Waals surface area (Å²) in [7, 11) is 0. The number of halogens is 2. The van der Waals surface area contributed by atoms with E-state index in [0.29, 0.717) is 13.0 Å². The maximum absolute atomic E-state index is 12.4. The Morgan fingerprint density at radius 3 is 2.71 bits per heavy atom. The minimum atomic E-state index is -2.97. The molecule has 0 fully saturated rings. The maximum atomic E-state index is 12.4. The number of aromatic nitrogens is 1. The van der Waals surface area contributed by atoms with Gasteiger partial charge in [0.2, 0.25) is 0 Å². The fraction of sp³-hybridized carbons (Fsp3) is 0.167. The zero-order valence-corrected chi connectivity index (χ0v) is 12.8. The van der Waals surface area contributed by atoms with Crippen molar-refractivity contribution in [3.05, 3.63) is 65.9 Å². The first-order chi connectivity index (χ1) is 11.6. The van der Waals surface area contributed by atoms with Crippen LogP contribution in [0, 0.1) is 0 Å². The number of hydrogen-bond donors (Lipinski definition) is 2. The molecule has 1 amide bonds. The smallest absolute Gasteiger partial charge is 0.387 e. The van der Waals surface area contributed by atoms with Gasteiger partial charge in [0.25, 0.3) is 5.91 Å². The molecule has 0 aliphatic carbocycles. The fourth-order valence-corrected chi connectivity index (χ4v) is 2.60. The Morgan fingerprint density at radius 2 is 1.88 bits per heavy atom. The number of fused-ring (bicyclic) bond motifs is 1. The number of alkyl halides is 2. The highest BCUT2D eigenvalue weighted by Crippen LogP contribution is 2.20. The summed E-state index contributed by atoms with van der Waals surface area (Å²) in [4.78, 5) is 15.4. The zero-order valence-electron chi connectivity index (χ0n) is 12.8. The number of rotatable bonds is 6. The normalized spacial score (nSPS) is 11.0. The van der Waals surface area contributed by atoms with Crippen molar-refractivity contribution in [3.8, 4) is 5.75 Å². The van der Waals surface area contributed by atoms with Gasteiger partial charge in [-0.15, -0.1) is 0 Å². The van der Waals surface area contributed by atoms with Crippen LogP contribution in [0.15, 0.2) is 54.7 Å². The number of para-hydroxylation sites is 2. The third kappa shape index (κ3) is 3.53.